The monoisotopic (exact) mass is 425 g/mol. The number of nitrogens with one attached hydrogen (secondary N) is 1. The van der Waals surface area contributed by atoms with Gasteiger partial charge in [-0.25, -0.2) is 4.98 Å². The van der Waals surface area contributed by atoms with E-state index in [1.807, 2.05) is 34.9 Å². The van der Waals surface area contributed by atoms with Gasteiger partial charge in [-0.3, -0.25) is 4.79 Å². The smallest absolute Gasteiger partial charge is 0.260 e. The second-order valence-corrected chi connectivity index (χ2v) is 6.83. The van der Waals surface area contributed by atoms with Crippen LogP contribution >= 0.6 is 15.9 Å². The van der Waals surface area contributed by atoms with Gasteiger partial charge in [0.2, 0.25) is 0 Å². The van der Waals surface area contributed by atoms with Crippen LogP contribution in [0.25, 0.3) is 11.5 Å². The van der Waals surface area contributed by atoms with E-state index < -0.39 is 0 Å². The van der Waals surface area contributed by atoms with Crippen molar-refractivity contribution in [1.29, 1.82) is 0 Å². The first-order valence-electron chi connectivity index (χ1n) is 8.44. The van der Waals surface area contributed by atoms with Crippen molar-refractivity contribution in [3.05, 3.63) is 64.9 Å². The van der Waals surface area contributed by atoms with Gasteiger partial charge < -0.3 is 14.6 Å². The number of allylic oxidation sites excluding steroid dienone is 1. The molecule has 1 aromatic carbocycles. The molecule has 7 nitrogen and oxygen atoms in total. The van der Waals surface area contributed by atoms with Crippen LogP contribution in [-0.2, 0) is 6.54 Å². The molecule has 2 bridgehead atoms. The lowest BCUT2D eigenvalue weighted by atomic mass is 10.2. The molecule has 8 heteroatoms. The van der Waals surface area contributed by atoms with Crippen LogP contribution in [0, 0.1) is 0 Å². The van der Waals surface area contributed by atoms with Crippen LogP contribution in [0.2, 0.25) is 0 Å². The van der Waals surface area contributed by atoms with Crippen LogP contribution in [0.1, 0.15) is 16.8 Å². The van der Waals surface area contributed by atoms with Crippen LogP contribution in [-0.4, -0.2) is 32.3 Å². The summed E-state index contributed by atoms with van der Waals surface area (Å²) in [5, 5.41) is 11.0. The van der Waals surface area contributed by atoms with Gasteiger partial charge in [-0.2, -0.15) is 0 Å². The van der Waals surface area contributed by atoms with E-state index >= 15 is 0 Å². The van der Waals surface area contributed by atoms with Crippen molar-refractivity contribution < 1.29 is 9.53 Å². The summed E-state index contributed by atoms with van der Waals surface area (Å²) in [6.07, 6.45) is 6.45. The Labute approximate surface area is 164 Å². The van der Waals surface area contributed by atoms with E-state index in [0.29, 0.717) is 41.8 Å². The summed E-state index contributed by atoms with van der Waals surface area (Å²) in [6.45, 7) is 1.10. The molecule has 3 aromatic rings. The minimum absolute atomic E-state index is 0.289. The summed E-state index contributed by atoms with van der Waals surface area (Å²) < 4.78 is 8.51. The van der Waals surface area contributed by atoms with Crippen molar-refractivity contribution in [2.45, 2.75) is 13.0 Å². The minimum Gasteiger partial charge on any atom is -0.492 e. The molecular weight excluding hydrogens is 410 g/mol. The molecule has 4 rings (SSSR count). The lowest BCUT2D eigenvalue weighted by molar-refractivity contribution is 0.102. The van der Waals surface area contributed by atoms with Gasteiger partial charge >= 0.3 is 0 Å². The number of halogens is 1. The standard InChI is InChI=1S/C19H16BrN5O2/c20-13-7-8-16-14(11-13)19(26)23-17-6-4-5-15(22-17)18-24-21-12-25(18)9-2-1-3-10-27-16/h1-2,4-8,11-12H,3,9-10H2,(H,22,23,26)/b2-1+. The highest BCUT2D eigenvalue weighted by atomic mass is 79.9. The fourth-order valence-corrected chi connectivity index (χ4v) is 3.11. The van der Waals surface area contributed by atoms with Crippen molar-refractivity contribution in [2.75, 3.05) is 11.9 Å². The maximum absolute atomic E-state index is 12.8. The predicted molar refractivity (Wildman–Crippen MR) is 105 cm³/mol. The van der Waals surface area contributed by atoms with Crippen molar-refractivity contribution >= 4 is 27.7 Å². The third kappa shape index (κ3) is 3.90. The summed E-state index contributed by atoms with van der Waals surface area (Å²) in [7, 11) is 0. The van der Waals surface area contributed by atoms with E-state index in [1.54, 1.807) is 24.5 Å². The van der Waals surface area contributed by atoms with Gasteiger partial charge in [0.15, 0.2) is 5.82 Å². The SMILES string of the molecule is O=C1Nc2cccc(n2)-c2nncn2C/C=C/CCOc2ccc(Br)cc21. The van der Waals surface area contributed by atoms with Crippen LogP contribution in [0.5, 0.6) is 5.75 Å². The van der Waals surface area contributed by atoms with Gasteiger partial charge in [-0.1, -0.05) is 34.1 Å². The second kappa shape index (κ2) is 7.71. The van der Waals surface area contributed by atoms with Crippen LogP contribution in [0.15, 0.2) is 59.4 Å². The molecule has 0 spiro atoms. The number of anilines is 1. The van der Waals surface area contributed by atoms with E-state index in [4.69, 9.17) is 4.74 Å². The number of hydrogen-bond acceptors (Lipinski definition) is 5. The summed E-state index contributed by atoms with van der Waals surface area (Å²) in [5.74, 6) is 1.32. The Morgan fingerprint density at radius 2 is 2.11 bits per heavy atom. The molecule has 1 aliphatic heterocycles. The summed E-state index contributed by atoms with van der Waals surface area (Å²) in [5.41, 5.74) is 1.08. The van der Waals surface area contributed by atoms with Crippen molar-refractivity contribution in [3.8, 4) is 17.3 Å². The maximum atomic E-state index is 12.8. The highest BCUT2D eigenvalue weighted by molar-refractivity contribution is 9.10. The Morgan fingerprint density at radius 3 is 3.04 bits per heavy atom. The fourth-order valence-electron chi connectivity index (χ4n) is 2.75. The number of ether oxygens (including phenoxy) is 1. The first-order valence-corrected chi connectivity index (χ1v) is 9.24. The molecule has 136 valence electrons. The number of amides is 1. The number of hydrogen-bond donors (Lipinski definition) is 1. The first-order chi connectivity index (χ1) is 13.2. The third-order valence-electron chi connectivity index (χ3n) is 4.03. The number of nitrogens with zero attached hydrogens (tertiary/aromatic N) is 4. The molecule has 3 heterocycles. The lowest BCUT2D eigenvalue weighted by Crippen LogP contribution is -2.15. The van der Waals surface area contributed by atoms with Gasteiger partial charge in [-0.05, 0) is 36.8 Å². The van der Waals surface area contributed by atoms with Gasteiger partial charge in [-0.15, -0.1) is 10.2 Å². The molecule has 0 atom stereocenters. The van der Waals surface area contributed by atoms with Crippen molar-refractivity contribution in [1.82, 2.24) is 19.7 Å². The zero-order valence-electron chi connectivity index (χ0n) is 14.3. The van der Waals surface area contributed by atoms with Gasteiger partial charge in [0.25, 0.3) is 5.91 Å². The molecule has 1 N–H and O–H groups in total. The van der Waals surface area contributed by atoms with Crippen LogP contribution in [0.3, 0.4) is 0 Å². The maximum Gasteiger partial charge on any atom is 0.260 e. The predicted octanol–water partition coefficient (Wildman–Crippen LogP) is 3.69. The molecule has 0 unspecified atom stereocenters. The Balaban J connectivity index is 1.75. The molecular formula is C19H16BrN5O2. The molecule has 0 saturated carbocycles. The molecule has 1 amide bonds. The molecule has 0 fully saturated rings. The molecule has 0 saturated heterocycles. The molecule has 1 aliphatic rings. The summed E-state index contributed by atoms with van der Waals surface area (Å²) in [4.78, 5) is 17.3. The first kappa shape index (κ1) is 17.4. The number of fused-ring (bicyclic) bond motifs is 5. The van der Waals surface area contributed by atoms with E-state index in [1.165, 1.54) is 0 Å². The lowest BCUT2D eigenvalue weighted by Gasteiger charge is -2.12. The van der Waals surface area contributed by atoms with E-state index in [9.17, 15) is 4.79 Å². The Morgan fingerprint density at radius 1 is 1.19 bits per heavy atom. The number of benzene rings is 1. The van der Waals surface area contributed by atoms with Crippen molar-refractivity contribution in [3.63, 3.8) is 0 Å². The van der Waals surface area contributed by atoms with Crippen molar-refractivity contribution in [2.24, 2.45) is 0 Å². The molecule has 27 heavy (non-hydrogen) atoms. The van der Waals surface area contributed by atoms with E-state index in [-0.39, 0.29) is 5.91 Å². The van der Waals surface area contributed by atoms with Gasteiger partial charge in [0.05, 0.1) is 12.2 Å². The quantitative estimate of drug-likeness (QED) is 0.555. The highest BCUT2D eigenvalue weighted by Gasteiger charge is 2.16. The topological polar surface area (TPSA) is 81.9 Å². The zero-order valence-corrected chi connectivity index (χ0v) is 15.9. The van der Waals surface area contributed by atoms with Gasteiger partial charge in [0.1, 0.15) is 23.6 Å². The fraction of sp³-hybridized carbons (Fsp3) is 0.158. The van der Waals surface area contributed by atoms with Crippen LogP contribution < -0.4 is 10.1 Å². The molecule has 2 aromatic heterocycles. The minimum atomic E-state index is -0.289. The average molecular weight is 426 g/mol. The van der Waals surface area contributed by atoms with Gasteiger partial charge in [0, 0.05) is 11.0 Å². The summed E-state index contributed by atoms with van der Waals surface area (Å²) in [6, 6.07) is 10.8. The average Bonchev–Trinajstić information content (AvgIpc) is 3.13. The zero-order chi connectivity index (χ0) is 18.6. The summed E-state index contributed by atoms with van der Waals surface area (Å²) >= 11 is 3.41. The second-order valence-electron chi connectivity index (χ2n) is 5.92. The Hall–Kier alpha value is -3.00. The number of carbonyl (C=O) groups excluding carboxylic acids is 1. The normalized spacial score (nSPS) is 15.4. The Bertz CT molecular complexity index is 1010. The third-order valence-corrected chi connectivity index (χ3v) is 4.53. The number of aromatic nitrogens is 4. The number of rotatable bonds is 0. The number of pyridine rings is 1. The molecule has 0 aliphatic carbocycles. The largest absolute Gasteiger partial charge is 0.492 e. The Kier molecular flexibility index (Phi) is 4.97. The molecule has 0 radical (unpaired) electrons. The van der Waals surface area contributed by atoms with Crippen LogP contribution in [0.4, 0.5) is 5.82 Å². The number of carbonyl (C=O) groups is 1. The highest BCUT2D eigenvalue weighted by Crippen LogP contribution is 2.25. The van der Waals surface area contributed by atoms with E-state index in [2.05, 4.69) is 36.4 Å². The van der Waals surface area contributed by atoms with E-state index in [0.717, 1.165) is 10.9 Å².